The molecule has 0 radical (unpaired) electrons. The summed E-state index contributed by atoms with van der Waals surface area (Å²) in [6.45, 7) is 0.397. The highest BCUT2D eigenvalue weighted by molar-refractivity contribution is 5.87. The van der Waals surface area contributed by atoms with Crippen LogP contribution in [0, 0.1) is 0 Å². The van der Waals surface area contributed by atoms with Gasteiger partial charge in [-0.05, 0) is 84.9 Å². The van der Waals surface area contributed by atoms with Gasteiger partial charge in [-0.1, -0.05) is 36.4 Å². The van der Waals surface area contributed by atoms with Gasteiger partial charge in [0.2, 0.25) is 0 Å². The van der Waals surface area contributed by atoms with E-state index >= 15 is 0 Å². The lowest BCUT2D eigenvalue weighted by Gasteiger charge is -2.13. The largest absolute Gasteiger partial charge is 0.457 e. The first-order valence-electron chi connectivity index (χ1n) is 12.3. The molecule has 0 saturated heterocycles. The Bertz CT molecular complexity index is 1720. The maximum Gasteiger partial charge on any atom is 0.298 e. The molecule has 6 rings (SSSR count). The average Bonchev–Trinajstić information content (AvgIpc) is 2.99. The minimum absolute atomic E-state index is 0.397. The van der Waals surface area contributed by atoms with Crippen molar-refractivity contribution in [3.05, 3.63) is 127 Å². The van der Waals surface area contributed by atoms with Crippen LogP contribution in [-0.2, 0) is 4.79 Å². The van der Waals surface area contributed by atoms with E-state index in [1.165, 1.54) is 0 Å². The summed E-state index contributed by atoms with van der Waals surface area (Å²) < 4.78 is 16.9. The van der Waals surface area contributed by atoms with Crippen molar-refractivity contribution in [1.82, 2.24) is 9.97 Å². The number of carbonyl (C=O) groups is 1. The Labute approximate surface area is 225 Å². The number of nitrogens with zero attached hydrogens (tertiary/aromatic N) is 2. The van der Waals surface area contributed by atoms with Gasteiger partial charge in [-0.15, -0.1) is 0 Å². The monoisotopic (exact) mass is 510 g/mol. The predicted molar refractivity (Wildman–Crippen MR) is 150 cm³/mol. The summed E-state index contributed by atoms with van der Waals surface area (Å²) in [5.41, 5.74) is 4.45. The van der Waals surface area contributed by atoms with Gasteiger partial charge in [0.15, 0.2) is 0 Å². The number of hydrogen-bond acceptors (Lipinski definition) is 6. The van der Waals surface area contributed by atoms with Crippen molar-refractivity contribution in [1.29, 1.82) is 0 Å². The molecule has 5 aromatic carbocycles. The third-order valence-corrected chi connectivity index (χ3v) is 6.03. The van der Waals surface area contributed by atoms with Crippen molar-refractivity contribution in [3.63, 3.8) is 0 Å². The first-order chi connectivity index (χ1) is 19.2. The van der Waals surface area contributed by atoms with Gasteiger partial charge in [-0.2, -0.15) is 0 Å². The molecule has 0 aliphatic rings. The number of benzene rings is 5. The van der Waals surface area contributed by atoms with Gasteiger partial charge in [0.05, 0.1) is 22.4 Å². The fourth-order valence-corrected chi connectivity index (χ4v) is 4.18. The van der Waals surface area contributed by atoms with Gasteiger partial charge < -0.3 is 14.2 Å². The van der Waals surface area contributed by atoms with Crippen LogP contribution in [0.4, 0.5) is 0 Å². The normalized spacial score (nSPS) is 10.7. The summed E-state index contributed by atoms with van der Waals surface area (Å²) in [4.78, 5) is 20.7. The van der Waals surface area contributed by atoms with E-state index in [-0.39, 0.29) is 0 Å². The summed E-state index contributed by atoms with van der Waals surface area (Å²) in [5, 5.41) is 0. The van der Waals surface area contributed by atoms with Crippen LogP contribution in [0.3, 0.4) is 0 Å². The second-order valence-electron chi connectivity index (χ2n) is 8.66. The molecular formula is C33H22N2O4. The number of carbonyl (C=O) groups excluding carboxylic acids is 1. The molecule has 0 atom stereocenters. The van der Waals surface area contributed by atoms with E-state index in [9.17, 15) is 4.79 Å². The minimum atomic E-state index is 0.397. The molecule has 0 aliphatic heterocycles. The van der Waals surface area contributed by atoms with E-state index in [1.54, 1.807) is 18.2 Å². The molecule has 0 spiro atoms. The van der Waals surface area contributed by atoms with Gasteiger partial charge in [-0.3, -0.25) is 4.79 Å². The highest BCUT2D eigenvalue weighted by atomic mass is 16.5. The highest BCUT2D eigenvalue weighted by Gasteiger charge is 2.15. The van der Waals surface area contributed by atoms with Crippen LogP contribution in [0.2, 0.25) is 0 Å². The van der Waals surface area contributed by atoms with Crippen molar-refractivity contribution in [2.75, 3.05) is 0 Å². The molecule has 1 aromatic heterocycles. The zero-order valence-corrected chi connectivity index (χ0v) is 20.7. The Balaban J connectivity index is 1.38. The van der Waals surface area contributed by atoms with Crippen LogP contribution in [-0.4, -0.2) is 16.4 Å². The lowest BCUT2D eigenvalue weighted by Crippen LogP contribution is -1.97. The Kier molecular flexibility index (Phi) is 6.65. The number of fused-ring (bicyclic) bond motifs is 1. The lowest BCUT2D eigenvalue weighted by molar-refractivity contribution is -0.120. The number of para-hydroxylation sites is 2. The number of rotatable bonds is 8. The Morgan fingerprint density at radius 1 is 0.462 bits per heavy atom. The van der Waals surface area contributed by atoms with E-state index in [1.807, 2.05) is 109 Å². The van der Waals surface area contributed by atoms with Crippen molar-refractivity contribution in [3.8, 4) is 51.3 Å². The molecule has 188 valence electrons. The van der Waals surface area contributed by atoms with Gasteiger partial charge in [0.25, 0.3) is 6.47 Å². The van der Waals surface area contributed by atoms with Crippen LogP contribution in [0.15, 0.2) is 127 Å². The number of hydrogen-bond donors (Lipinski definition) is 0. The lowest BCUT2D eigenvalue weighted by atomic mass is 10.0. The number of aromatic nitrogens is 2. The molecule has 0 N–H and O–H groups in total. The van der Waals surface area contributed by atoms with Gasteiger partial charge >= 0.3 is 0 Å². The van der Waals surface area contributed by atoms with Crippen LogP contribution < -0.4 is 14.2 Å². The molecule has 6 heteroatoms. The van der Waals surface area contributed by atoms with Gasteiger partial charge in [0.1, 0.15) is 28.7 Å². The molecule has 1 heterocycles. The molecule has 0 aliphatic carbocycles. The molecule has 0 unspecified atom stereocenters. The zero-order valence-electron chi connectivity index (χ0n) is 20.7. The summed E-state index contributed by atoms with van der Waals surface area (Å²) in [7, 11) is 0. The van der Waals surface area contributed by atoms with Crippen molar-refractivity contribution in [2.24, 2.45) is 0 Å². The Morgan fingerprint density at radius 2 is 0.897 bits per heavy atom. The fraction of sp³-hybridized carbons (Fsp3) is 0. The van der Waals surface area contributed by atoms with Crippen LogP contribution in [0.25, 0.3) is 33.5 Å². The molecule has 0 saturated carbocycles. The zero-order chi connectivity index (χ0) is 26.4. The average molecular weight is 511 g/mol. The summed E-state index contributed by atoms with van der Waals surface area (Å²) in [6.07, 6.45) is 0. The third kappa shape index (κ3) is 5.45. The fourth-order valence-electron chi connectivity index (χ4n) is 4.18. The highest BCUT2D eigenvalue weighted by Crippen LogP contribution is 2.34. The number of ether oxygens (including phenoxy) is 3. The molecule has 6 nitrogen and oxygen atoms in total. The molecule has 6 aromatic rings. The molecule has 39 heavy (non-hydrogen) atoms. The van der Waals surface area contributed by atoms with Gasteiger partial charge in [0, 0.05) is 17.2 Å². The van der Waals surface area contributed by atoms with Crippen LogP contribution >= 0.6 is 0 Å². The summed E-state index contributed by atoms with van der Waals surface area (Å²) in [5.74, 6) is 3.36. The van der Waals surface area contributed by atoms with E-state index < -0.39 is 0 Å². The van der Waals surface area contributed by atoms with E-state index in [0.717, 1.165) is 34.1 Å². The first kappa shape index (κ1) is 23.9. The summed E-state index contributed by atoms with van der Waals surface area (Å²) in [6, 6.07) is 39.9. The van der Waals surface area contributed by atoms with Crippen LogP contribution in [0.5, 0.6) is 28.7 Å². The summed E-state index contributed by atoms with van der Waals surface area (Å²) >= 11 is 0. The maximum atomic E-state index is 10.9. The molecule has 0 bridgehead atoms. The Hall–Kier alpha value is -5.49. The first-order valence-corrected chi connectivity index (χ1v) is 12.3. The van der Waals surface area contributed by atoms with Crippen molar-refractivity contribution in [2.45, 2.75) is 0 Å². The topological polar surface area (TPSA) is 70.5 Å². The molecular weight excluding hydrogens is 488 g/mol. The van der Waals surface area contributed by atoms with Crippen molar-refractivity contribution < 1.29 is 19.0 Å². The smallest absolute Gasteiger partial charge is 0.298 e. The molecule has 0 fully saturated rings. The van der Waals surface area contributed by atoms with Crippen LogP contribution in [0.1, 0.15) is 0 Å². The van der Waals surface area contributed by atoms with E-state index in [2.05, 4.69) is 0 Å². The third-order valence-electron chi connectivity index (χ3n) is 6.03. The molecule has 0 amide bonds. The second kappa shape index (κ2) is 10.9. The van der Waals surface area contributed by atoms with E-state index in [4.69, 9.17) is 24.2 Å². The Morgan fingerprint density at radius 3 is 1.38 bits per heavy atom. The van der Waals surface area contributed by atoms with Crippen molar-refractivity contribution >= 4 is 17.5 Å². The van der Waals surface area contributed by atoms with E-state index in [0.29, 0.717) is 34.7 Å². The second-order valence-corrected chi connectivity index (χ2v) is 8.66. The quantitative estimate of drug-likeness (QED) is 0.193. The maximum absolute atomic E-state index is 10.9. The standard InChI is InChI=1S/C33H22N2O4/c36-22-37-29-19-20-30-31(21-29)35-33(24-13-17-28(18-14-24)39-26-9-5-2-6-10-26)32(34-30)23-11-15-27(16-12-23)38-25-7-3-1-4-8-25/h1-22H. The minimum Gasteiger partial charge on any atom is -0.457 e. The predicted octanol–water partition coefficient (Wildman–Crippen LogP) is 8.08. The van der Waals surface area contributed by atoms with Gasteiger partial charge in [-0.25, -0.2) is 9.97 Å². The SMILES string of the molecule is O=COc1ccc2nc(-c3ccc(Oc4ccccc4)cc3)c(-c3ccc(Oc4ccccc4)cc3)nc2c1.